The molecular formula is C16H23N3O2. The van der Waals surface area contributed by atoms with E-state index < -0.39 is 0 Å². The molecule has 3 rings (SSSR count). The van der Waals surface area contributed by atoms with Gasteiger partial charge < -0.3 is 15.0 Å². The molecule has 2 aliphatic rings. The van der Waals surface area contributed by atoms with Crippen molar-refractivity contribution in [1.82, 2.24) is 10.2 Å². The van der Waals surface area contributed by atoms with Gasteiger partial charge in [0.1, 0.15) is 0 Å². The summed E-state index contributed by atoms with van der Waals surface area (Å²) in [6.07, 6.45) is 0.0239. The molecule has 114 valence electrons. The number of carbonyl (C=O) groups is 1. The molecule has 0 aliphatic carbocycles. The minimum Gasteiger partial charge on any atom is -0.371 e. The van der Waals surface area contributed by atoms with Crippen molar-refractivity contribution in [2.24, 2.45) is 0 Å². The van der Waals surface area contributed by atoms with Crippen LogP contribution in [0, 0.1) is 0 Å². The van der Waals surface area contributed by atoms with Crippen LogP contribution in [-0.2, 0) is 4.74 Å². The molecule has 5 nitrogen and oxygen atoms in total. The van der Waals surface area contributed by atoms with Gasteiger partial charge in [-0.25, -0.2) is 4.79 Å². The predicted octanol–water partition coefficient (Wildman–Crippen LogP) is 2.00. The fraction of sp³-hybridized carbons (Fsp3) is 0.562. The molecule has 1 aromatic rings. The zero-order valence-corrected chi connectivity index (χ0v) is 12.7. The van der Waals surface area contributed by atoms with Crippen LogP contribution < -0.4 is 10.2 Å². The van der Waals surface area contributed by atoms with Crippen molar-refractivity contribution < 1.29 is 9.53 Å². The third-order valence-electron chi connectivity index (χ3n) is 4.17. The van der Waals surface area contributed by atoms with Gasteiger partial charge in [-0.2, -0.15) is 0 Å². The van der Waals surface area contributed by atoms with Crippen LogP contribution in [0.1, 0.15) is 25.5 Å². The Kier molecular flexibility index (Phi) is 4.12. The molecular weight excluding hydrogens is 266 g/mol. The maximum absolute atomic E-state index is 12.6. The van der Waals surface area contributed by atoms with Gasteiger partial charge in [-0.15, -0.1) is 0 Å². The summed E-state index contributed by atoms with van der Waals surface area (Å²) in [5, 5.41) is 3.35. The minimum atomic E-state index is 0.0239. The first kappa shape index (κ1) is 14.4. The Bertz CT molecular complexity index is 512. The van der Waals surface area contributed by atoms with Crippen molar-refractivity contribution in [1.29, 1.82) is 0 Å². The second-order valence-corrected chi connectivity index (χ2v) is 5.84. The van der Waals surface area contributed by atoms with E-state index in [4.69, 9.17) is 4.74 Å². The summed E-state index contributed by atoms with van der Waals surface area (Å²) in [6.45, 7) is 8.05. The molecule has 1 N–H and O–H groups in total. The molecule has 21 heavy (non-hydrogen) atoms. The highest BCUT2D eigenvalue weighted by Gasteiger charge is 2.33. The van der Waals surface area contributed by atoms with Crippen LogP contribution in [0.15, 0.2) is 24.3 Å². The molecule has 1 atom stereocenters. The molecule has 2 heterocycles. The molecule has 0 bridgehead atoms. The van der Waals surface area contributed by atoms with Gasteiger partial charge in [0, 0.05) is 37.8 Å². The van der Waals surface area contributed by atoms with Gasteiger partial charge in [0.15, 0.2) is 0 Å². The van der Waals surface area contributed by atoms with Gasteiger partial charge in [0.05, 0.1) is 18.4 Å². The van der Waals surface area contributed by atoms with Crippen molar-refractivity contribution in [2.75, 3.05) is 37.7 Å². The lowest BCUT2D eigenvalue weighted by molar-refractivity contribution is 0.0280. The number of morpholine rings is 1. The first-order valence-electron chi connectivity index (χ1n) is 7.68. The third-order valence-corrected chi connectivity index (χ3v) is 4.17. The van der Waals surface area contributed by atoms with Crippen molar-refractivity contribution in [3.05, 3.63) is 29.8 Å². The Morgan fingerprint density at radius 3 is 2.76 bits per heavy atom. The molecule has 1 unspecified atom stereocenters. The number of anilines is 1. The van der Waals surface area contributed by atoms with Crippen LogP contribution in [0.2, 0.25) is 0 Å². The average molecular weight is 289 g/mol. The van der Waals surface area contributed by atoms with Gasteiger partial charge in [-0.3, -0.25) is 4.90 Å². The molecule has 2 fully saturated rings. The highest BCUT2D eigenvalue weighted by atomic mass is 16.5. The lowest BCUT2D eigenvalue weighted by Gasteiger charge is -2.28. The number of hydrogen-bond acceptors (Lipinski definition) is 3. The van der Waals surface area contributed by atoms with E-state index in [2.05, 4.69) is 25.2 Å². The summed E-state index contributed by atoms with van der Waals surface area (Å²) in [7, 11) is 0. The highest BCUT2D eigenvalue weighted by Crippen LogP contribution is 2.31. The molecule has 2 saturated heterocycles. The molecule has 0 radical (unpaired) electrons. The standard InChI is InChI=1S/C16H23N3O2/c1-12(2)18-8-9-19(16(18)20)14-6-4-3-5-13(14)15-11-17-7-10-21-15/h3-6,12,15,17H,7-11H2,1-2H3. The Balaban J connectivity index is 1.87. The van der Waals surface area contributed by atoms with E-state index in [0.717, 1.165) is 37.4 Å². The van der Waals surface area contributed by atoms with Crippen LogP contribution in [-0.4, -0.2) is 49.8 Å². The fourth-order valence-corrected chi connectivity index (χ4v) is 3.03. The van der Waals surface area contributed by atoms with E-state index in [1.165, 1.54) is 0 Å². The van der Waals surface area contributed by atoms with Crippen LogP contribution in [0.3, 0.4) is 0 Å². The number of nitrogens with zero attached hydrogens (tertiary/aromatic N) is 2. The van der Waals surface area contributed by atoms with E-state index in [0.29, 0.717) is 6.61 Å². The number of amides is 2. The van der Waals surface area contributed by atoms with Crippen LogP contribution in [0.4, 0.5) is 10.5 Å². The van der Waals surface area contributed by atoms with Gasteiger partial charge in [0.25, 0.3) is 0 Å². The summed E-state index contributed by atoms with van der Waals surface area (Å²) in [4.78, 5) is 16.4. The number of para-hydroxylation sites is 1. The lowest BCUT2D eigenvalue weighted by Crippen LogP contribution is -2.37. The van der Waals surface area contributed by atoms with Gasteiger partial charge in [0.2, 0.25) is 0 Å². The smallest absolute Gasteiger partial charge is 0.324 e. The summed E-state index contributed by atoms with van der Waals surface area (Å²) in [5.41, 5.74) is 2.09. The van der Waals surface area contributed by atoms with Crippen molar-refractivity contribution >= 4 is 11.7 Å². The topological polar surface area (TPSA) is 44.8 Å². The first-order valence-corrected chi connectivity index (χ1v) is 7.68. The SMILES string of the molecule is CC(C)N1CCN(c2ccccc2C2CNCCO2)C1=O. The number of hydrogen-bond donors (Lipinski definition) is 1. The average Bonchev–Trinajstić information content (AvgIpc) is 2.90. The largest absolute Gasteiger partial charge is 0.371 e. The quantitative estimate of drug-likeness (QED) is 0.925. The first-order chi connectivity index (χ1) is 10.2. The van der Waals surface area contributed by atoms with E-state index in [1.807, 2.05) is 28.0 Å². The molecule has 0 saturated carbocycles. The van der Waals surface area contributed by atoms with E-state index in [1.54, 1.807) is 0 Å². The Morgan fingerprint density at radius 1 is 1.29 bits per heavy atom. The monoisotopic (exact) mass is 289 g/mol. The summed E-state index contributed by atoms with van der Waals surface area (Å²) < 4.78 is 5.86. The fourth-order valence-electron chi connectivity index (χ4n) is 3.03. The maximum atomic E-state index is 12.6. The molecule has 2 amide bonds. The van der Waals surface area contributed by atoms with E-state index in [-0.39, 0.29) is 18.2 Å². The second kappa shape index (κ2) is 6.03. The zero-order chi connectivity index (χ0) is 14.8. The van der Waals surface area contributed by atoms with Crippen LogP contribution in [0.5, 0.6) is 0 Å². The zero-order valence-electron chi connectivity index (χ0n) is 12.7. The summed E-state index contributed by atoms with van der Waals surface area (Å²) >= 11 is 0. The maximum Gasteiger partial charge on any atom is 0.324 e. The predicted molar refractivity (Wildman–Crippen MR) is 82.6 cm³/mol. The molecule has 0 aromatic heterocycles. The normalized spacial score (nSPS) is 23.2. The van der Waals surface area contributed by atoms with Crippen molar-refractivity contribution in [3.63, 3.8) is 0 Å². The Hall–Kier alpha value is -1.59. The third kappa shape index (κ3) is 2.76. The van der Waals surface area contributed by atoms with Gasteiger partial charge >= 0.3 is 6.03 Å². The van der Waals surface area contributed by atoms with E-state index >= 15 is 0 Å². The number of ether oxygens (including phenoxy) is 1. The lowest BCUT2D eigenvalue weighted by atomic mass is 10.1. The number of nitrogens with one attached hydrogen (secondary N) is 1. The summed E-state index contributed by atoms with van der Waals surface area (Å²) in [6, 6.07) is 8.43. The molecule has 1 aromatic carbocycles. The van der Waals surface area contributed by atoms with Crippen molar-refractivity contribution in [2.45, 2.75) is 26.0 Å². The summed E-state index contributed by atoms with van der Waals surface area (Å²) in [5.74, 6) is 0. The Morgan fingerprint density at radius 2 is 2.10 bits per heavy atom. The second-order valence-electron chi connectivity index (χ2n) is 5.84. The molecule has 0 spiro atoms. The Labute approximate surface area is 125 Å². The van der Waals surface area contributed by atoms with Gasteiger partial charge in [-0.1, -0.05) is 18.2 Å². The highest BCUT2D eigenvalue weighted by molar-refractivity contribution is 5.95. The number of rotatable bonds is 3. The van der Waals surface area contributed by atoms with Crippen LogP contribution in [0.25, 0.3) is 0 Å². The number of benzene rings is 1. The van der Waals surface area contributed by atoms with Gasteiger partial charge in [-0.05, 0) is 19.9 Å². The molecule has 2 aliphatic heterocycles. The van der Waals surface area contributed by atoms with Crippen molar-refractivity contribution in [3.8, 4) is 0 Å². The minimum absolute atomic E-state index is 0.0239. The number of carbonyl (C=O) groups excluding carboxylic acids is 1. The van der Waals surface area contributed by atoms with Crippen LogP contribution >= 0.6 is 0 Å². The molecule has 5 heteroatoms. The number of urea groups is 1. The van der Waals surface area contributed by atoms with E-state index in [9.17, 15) is 4.79 Å².